The van der Waals surface area contributed by atoms with Crippen molar-refractivity contribution in [3.05, 3.63) is 65.7 Å². The molecule has 6 nitrogen and oxygen atoms in total. The summed E-state index contributed by atoms with van der Waals surface area (Å²) < 4.78 is 30.8. The van der Waals surface area contributed by atoms with Crippen LogP contribution in [0.15, 0.2) is 54.6 Å². The Hall–Kier alpha value is -2.38. The zero-order valence-electron chi connectivity index (χ0n) is 16.0. The molecule has 0 aliphatic heterocycles. The summed E-state index contributed by atoms with van der Waals surface area (Å²) in [7, 11) is -2.15. The van der Waals surface area contributed by atoms with Gasteiger partial charge in [-0.25, -0.2) is 8.42 Å². The van der Waals surface area contributed by atoms with Crippen molar-refractivity contribution >= 4 is 15.9 Å². The number of hydrogen-bond acceptors (Lipinski definition) is 4. The lowest BCUT2D eigenvalue weighted by Crippen LogP contribution is -2.45. The molecule has 2 aromatic carbocycles. The summed E-state index contributed by atoms with van der Waals surface area (Å²) in [5, 5.41) is 2.84. The molecule has 0 saturated heterocycles. The van der Waals surface area contributed by atoms with E-state index in [4.69, 9.17) is 4.74 Å². The van der Waals surface area contributed by atoms with E-state index in [1.54, 1.807) is 24.3 Å². The lowest BCUT2D eigenvalue weighted by atomic mass is 10.1. The van der Waals surface area contributed by atoms with E-state index in [1.165, 1.54) is 7.05 Å². The first kappa shape index (κ1) is 20.9. The number of hydrogen-bond donors (Lipinski definition) is 1. The van der Waals surface area contributed by atoms with Gasteiger partial charge >= 0.3 is 0 Å². The molecule has 0 aliphatic carbocycles. The Kier molecular flexibility index (Phi) is 6.98. The van der Waals surface area contributed by atoms with E-state index in [0.717, 1.165) is 21.9 Å². The van der Waals surface area contributed by atoms with E-state index >= 15 is 0 Å². The number of likely N-dealkylation sites (N-methyl/N-ethyl adjacent to an activating group) is 1. The van der Waals surface area contributed by atoms with Crippen LogP contribution in [-0.2, 0) is 14.8 Å². The molecule has 7 heteroatoms. The van der Waals surface area contributed by atoms with Crippen molar-refractivity contribution < 1.29 is 17.9 Å². The molecule has 0 bridgehead atoms. The van der Waals surface area contributed by atoms with Gasteiger partial charge in [-0.3, -0.25) is 4.79 Å². The molecule has 2 rings (SSSR count). The summed E-state index contributed by atoms with van der Waals surface area (Å²) in [4.78, 5) is 12.8. The Morgan fingerprint density at radius 3 is 2.26 bits per heavy atom. The number of sulfonamides is 1. The molecule has 1 N–H and O–H groups in total. The van der Waals surface area contributed by atoms with E-state index in [1.807, 2.05) is 44.2 Å². The number of ether oxygens (including phenoxy) is 1. The number of carbonyl (C=O) groups is 1. The van der Waals surface area contributed by atoms with Gasteiger partial charge in [0.1, 0.15) is 18.4 Å². The van der Waals surface area contributed by atoms with Crippen molar-refractivity contribution in [3.8, 4) is 5.75 Å². The van der Waals surface area contributed by atoms with Gasteiger partial charge in [0.15, 0.2) is 0 Å². The average molecular weight is 391 g/mol. The number of rotatable bonds is 8. The zero-order valence-corrected chi connectivity index (χ0v) is 16.9. The monoisotopic (exact) mass is 390 g/mol. The normalized spacial score (nSPS) is 13.8. The molecular formula is C20H26N2O4S. The molecular weight excluding hydrogens is 364 g/mol. The predicted molar refractivity (Wildman–Crippen MR) is 106 cm³/mol. The van der Waals surface area contributed by atoms with Crippen LogP contribution in [0.1, 0.15) is 24.1 Å². The number of benzene rings is 2. The quantitative estimate of drug-likeness (QED) is 0.751. The van der Waals surface area contributed by atoms with Crippen LogP contribution >= 0.6 is 0 Å². The van der Waals surface area contributed by atoms with Crippen LogP contribution in [0, 0.1) is 6.92 Å². The van der Waals surface area contributed by atoms with E-state index in [9.17, 15) is 13.2 Å². The zero-order chi connectivity index (χ0) is 20.0. The Bertz CT molecular complexity index is 851. The van der Waals surface area contributed by atoms with Crippen LogP contribution in [0.5, 0.6) is 5.75 Å². The Morgan fingerprint density at radius 1 is 1.11 bits per heavy atom. The third kappa shape index (κ3) is 6.08. The largest absolute Gasteiger partial charge is 0.491 e. The molecule has 0 fully saturated rings. The van der Waals surface area contributed by atoms with Gasteiger partial charge in [-0.2, -0.15) is 4.31 Å². The smallest absolute Gasteiger partial charge is 0.243 e. The minimum absolute atomic E-state index is 0.277. The van der Waals surface area contributed by atoms with E-state index in [-0.39, 0.29) is 12.6 Å². The third-order valence-corrected chi connectivity index (χ3v) is 5.42. The summed E-state index contributed by atoms with van der Waals surface area (Å²) in [6, 6.07) is 15.2. The molecule has 27 heavy (non-hydrogen) atoms. The molecule has 2 unspecified atom stereocenters. The van der Waals surface area contributed by atoms with Gasteiger partial charge in [0.2, 0.25) is 15.9 Å². The van der Waals surface area contributed by atoms with Crippen molar-refractivity contribution in [2.75, 3.05) is 19.9 Å². The van der Waals surface area contributed by atoms with E-state index < -0.39 is 22.0 Å². The van der Waals surface area contributed by atoms with Crippen molar-refractivity contribution in [2.24, 2.45) is 0 Å². The van der Waals surface area contributed by atoms with Gasteiger partial charge < -0.3 is 10.1 Å². The molecule has 0 spiro atoms. The summed E-state index contributed by atoms with van der Waals surface area (Å²) >= 11 is 0. The highest BCUT2D eigenvalue weighted by molar-refractivity contribution is 7.88. The SMILES string of the molecule is Cc1ccc(OCC(C)NC(=O)C(c2ccccc2)N(C)S(C)(=O)=O)cc1. The number of nitrogens with zero attached hydrogens (tertiary/aromatic N) is 1. The minimum Gasteiger partial charge on any atom is -0.491 e. The summed E-state index contributed by atoms with van der Waals surface area (Å²) in [5.41, 5.74) is 1.74. The van der Waals surface area contributed by atoms with Gasteiger partial charge in [0, 0.05) is 7.05 Å². The first-order chi connectivity index (χ1) is 12.7. The molecule has 0 aliphatic rings. The summed E-state index contributed by atoms with van der Waals surface area (Å²) in [6.45, 7) is 4.09. The van der Waals surface area contributed by atoms with Crippen LogP contribution in [0.25, 0.3) is 0 Å². The third-order valence-electron chi connectivity index (χ3n) is 4.16. The fraction of sp³-hybridized carbons (Fsp3) is 0.350. The molecule has 0 saturated carbocycles. The topological polar surface area (TPSA) is 75.7 Å². The number of carbonyl (C=O) groups excluding carboxylic acids is 1. The van der Waals surface area contributed by atoms with Crippen molar-refractivity contribution in [1.29, 1.82) is 0 Å². The fourth-order valence-electron chi connectivity index (χ4n) is 2.57. The van der Waals surface area contributed by atoms with Crippen molar-refractivity contribution in [3.63, 3.8) is 0 Å². The minimum atomic E-state index is -3.55. The first-order valence-corrected chi connectivity index (χ1v) is 10.5. The van der Waals surface area contributed by atoms with Gasteiger partial charge in [-0.15, -0.1) is 0 Å². The fourth-order valence-corrected chi connectivity index (χ4v) is 3.17. The second-order valence-electron chi connectivity index (χ2n) is 6.63. The van der Waals surface area contributed by atoms with Gasteiger partial charge in [0.05, 0.1) is 12.3 Å². The van der Waals surface area contributed by atoms with Gasteiger partial charge in [-0.05, 0) is 31.5 Å². The first-order valence-electron chi connectivity index (χ1n) is 8.66. The number of aryl methyl sites for hydroxylation is 1. The second-order valence-corrected chi connectivity index (χ2v) is 8.67. The van der Waals surface area contributed by atoms with Crippen LogP contribution in [0.2, 0.25) is 0 Å². The number of nitrogens with one attached hydrogen (secondary N) is 1. The van der Waals surface area contributed by atoms with Gasteiger partial charge in [-0.1, -0.05) is 48.0 Å². The van der Waals surface area contributed by atoms with Crippen LogP contribution in [0.3, 0.4) is 0 Å². The lowest BCUT2D eigenvalue weighted by Gasteiger charge is -2.27. The number of amides is 1. The molecule has 146 valence electrons. The highest BCUT2D eigenvalue weighted by Gasteiger charge is 2.31. The Morgan fingerprint density at radius 2 is 1.70 bits per heavy atom. The predicted octanol–water partition coefficient (Wildman–Crippen LogP) is 2.51. The molecule has 1 amide bonds. The molecule has 2 aromatic rings. The standard InChI is InChI=1S/C20H26N2O4S/c1-15-10-12-18(13-11-15)26-14-16(2)21-20(23)19(22(3)27(4,24)25)17-8-6-5-7-9-17/h5-13,16,19H,14H2,1-4H3,(H,21,23). The maximum atomic E-state index is 12.8. The molecule has 0 heterocycles. The lowest BCUT2D eigenvalue weighted by molar-refractivity contribution is -0.125. The van der Waals surface area contributed by atoms with Crippen molar-refractivity contribution in [2.45, 2.75) is 25.9 Å². The van der Waals surface area contributed by atoms with Crippen LogP contribution < -0.4 is 10.1 Å². The van der Waals surface area contributed by atoms with Crippen LogP contribution in [0.4, 0.5) is 0 Å². The maximum Gasteiger partial charge on any atom is 0.243 e. The highest BCUT2D eigenvalue weighted by Crippen LogP contribution is 2.22. The molecule has 2 atom stereocenters. The Balaban J connectivity index is 2.07. The second kappa shape index (κ2) is 9.01. The maximum absolute atomic E-state index is 12.8. The average Bonchev–Trinajstić information content (AvgIpc) is 2.61. The van der Waals surface area contributed by atoms with Crippen LogP contribution in [-0.4, -0.2) is 44.6 Å². The summed E-state index contributed by atoms with van der Waals surface area (Å²) in [6.07, 6.45) is 1.08. The molecule has 0 aromatic heterocycles. The van der Waals surface area contributed by atoms with E-state index in [0.29, 0.717) is 5.56 Å². The van der Waals surface area contributed by atoms with Gasteiger partial charge in [0.25, 0.3) is 0 Å². The van der Waals surface area contributed by atoms with Crippen molar-refractivity contribution in [1.82, 2.24) is 9.62 Å². The molecule has 0 radical (unpaired) electrons. The Labute approximate surface area is 161 Å². The summed E-state index contributed by atoms with van der Waals surface area (Å²) in [5.74, 6) is 0.323. The highest BCUT2D eigenvalue weighted by atomic mass is 32.2. The van der Waals surface area contributed by atoms with E-state index in [2.05, 4.69) is 5.32 Å².